The molecule has 0 saturated carbocycles. The molecule has 0 bridgehead atoms. The lowest BCUT2D eigenvalue weighted by atomic mass is 9.96. The van der Waals surface area contributed by atoms with Gasteiger partial charge in [-0.1, -0.05) is 18.2 Å². The van der Waals surface area contributed by atoms with Gasteiger partial charge >= 0.3 is 0 Å². The molecule has 0 aliphatic carbocycles. The molecule has 1 N–H and O–H groups in total. The van der Waals surface area contributed by atoms with Crippen molar-refractivity contribution in [3.63, 3.8) is 0 Å². The lowest BCUT2D eigenvalue weighted by Crippen LogP contribution is -2.45. The highest BCUT2D eigenvalue weighted by Crippen LogP contribution is 2.29. The van der Waals surface area contributed by atoms with E-state index in [1.54, 1.807) is 0 Å². The number of fused-ring (bicyclic) bond motifs is 1. The summed E-state index contributed by atoms with van der Waals surface area (Å²) < 4.78 is 0. The third-order valence-electron chi connectivity index (χ3n) is 4.48. The fourth-order valence-electron chi connectivity index (χ4n) is 3.56. The average Bonchev–Trinajstić information content (AvgIpc) is 2.86. The SMILES string of the molecule is Cc1cc(CN2CCCC2C(C)(C)O)c2ccccc2n1. The normalized spacial score (nSPS) is 20.3. The second kappa shape index (κ2) is 5.39. The van der Waals surface area contributed by atoms with E-state index in [-0.39, 0.29) is 6.04 Å². The maximum absolute atomic E-state index is 10.4. The van der Waals surface area contributed by atoms with Crippen LogP contribution in [0.15, 0.2) is 30.3 Å². The van der Waals surface area contributed by atoms with Crippen LogP contribution in [0.1, 0.15) is 37.9 Å². The first kappa shape index (κ1) is 14.5. The van der Waals surface area contributed by atoms with Gasteiger partial charge in [0.2, 0.25) is 0 Å². The van der Waals surface area contributed by atoms with Gasteiger partial charge in [-0.2, -0.15) is 0 Å². The Morgan fingerprint density at radius 2 is 2.10 bits per heavy atom. The third-order valence-corrected chi connectivity index (χ3v) is 4.48. The molecule has 1 unspecified atom stereocenters. The van der Waals surface area contributed by atoms with Gasteiger partial charge in [0.05, 0.1) is 11.1 Å². The van der Waals surface area contributed by atoms with E-state index in [0.717, 1.165) is 37.1 Å². The van der Waals surface area contributed by atoms with Crippen LogP contribution in [-0.4, -0.2) is 33.2 Å². The average molecular weight is 284 g/mol. The minimum atomic E-state index is -0.644. The summed E-state index contributed by atoms with van der Waals surface area (Å²) in [6.45, 7) is 7.84. The molecule has 1 atom stereocenters. The van der Waals surface area contributed by atoms with E-state index in [1.165, 1.54) is 10.9 Å². The minimum Gasteiger partial charge on any atom is -0.389 e. The second-order valence-electron chi connectivity index (χ2n) is 6.72. The van der Waals surface area contributed by atoms with Crippen molar-refractivity contribution < 1.29 is 5.11 Å². The zero-order valence-electron chi connectivity index (χ0n) is 13.1. The van der Waals surface area contributed by atoms with Gasteiger partial charge in [0.25, 0.3) is 0 Å². The summed E-state index contributed by atoms with van der Waals surface area (Å²) in [4.78, 5) is 7.03. The Balaban J connectivity index is 1.95. The molecule has 1 fully saturated rings. The molecule has 3 heteroatoms. The van der Waals surface area contributed by atoms with Gasteiger partial charge in [-0.25, -0.2) is 0 Å². The summed E-state index contributed by atoms with van der Waals surface area (Å²) in [7, 11) is 0. The number of nitrogens with zero attached hydrogens (tertiary/aromatic N) is 2. The summed E-state index contributed by atoms with van der Waals surface area (Å²) >= 11 is 0. The first-order valence-electron chi connectivity index (χ1n) is 7.77. The molecule has 3 rings (SSSR count). The smallest absolute Gasteiger partial charge is 0.0746 e. The van der Waals surface area contributed by atoms with Crippen molar-refractivity contribution in [2.75, 3.05) is 6.54 Å². The maximum Gasteiger partial charge on any atom is 0.0746 e. The number of aryl methyl sites for hydroxylation is 1. The summed E-state index contributed by atoms with van der Waals surface area (Å²) in [6, 6.07) is 10.7. The number of hydrogen-bond donors (Lipinski definition) is 1. The van der Waals surface area contributed by atoms with E-state index in [9.17, 15) is 5.11 Å². The molecule has 1 aliphatic rings. The van der Waals surface area contributed by atoms with Gasteiger partial charge in [-0.05, 0) is 57.9 Å². The van der Waals surface area contributed by atoms with E-state index in [1.807, 2.05) is 26.8 Å². The van der Waals surface area contributed by atoms with Gasteiger partial charge in [0.1, 0.15) is 0 Å². The Labute approximate surface area is 126 Å². The highest BCUT2D eigenvalue weighted by Gasteiger charge is 2.35. The molecule has 1 aliphatic heterocycles. The zero-order chi connectivity index (χ0) is 15.0. The fraction of sp³-hybridized carbons (Fsp3) is 0.500. The van der Waals surface area contributed by atoms with Crippen molar-refractivity contribution in [3.8, 4) is 0 Å². The Morgan fingerprint density at radius 1 is 1.33 bits per heavy atom. The molecule has 0 amide bonds. The first-order chi connectivity index (χ1) is 9.95. The Morgan fingerprint density at radius 3 is 2.86 bits per heavy atom. The minimum absolute atomic E-state index is 0.240. The number of benzene rings is 1. The van der Waals surface area contributed by atoms with Crippen molar-refractivity contribution in [3.05, 3.63) is 41.6 Å². The molecule has 21 heavy (non-hydrogen) atoms. The van der Waals surface area contributed by atoms with Crippen LogP contribution in [0.4, 0.5) is 0 Å². The predicted molar refractivity (Wildman–Crippen MR) is 86.2 cm³/mol. The largest absolute Gasteiger partial charge is 0.389 e. The van der Waals surface area contributed by atoms with E-state index in [0.29, 0.717) is 0 Å². The molecule has 1 aromatic carbocycles. The van der Waals surface area contributed by atoms with E-state index < -0.39 is 5.60 Å². The summed E-state index contributed by atoms with van der Waals surface area (Å²) in [5.41, 5.74) is 2.79. The molecule has 0 radical (unpaired) electrons. The standard InChI is InChI=1S/C18H24N2O/c1-13-11-14(15-7-4-5-8-16(15)19-13)12-20-10-6-9-17(20)18(2,3)21/h4-5,7-8,11,17,21H,6,9-10,12H2,1-3H3. The van der Waals surface area contributed by atoms with E-state index in [2.05, 4.69) is 34.1 Å². The van der Waals surface area contributed by atoms with Crippen molar-refractivity contribution in [2.24, 2.45) is 0 Å². The number of hydrogen-bond acceptors (Lipinski definition) is 3. The van der Waals surface area contributed by atoms with Gasteiger partial charge in [0.15, 0.2) is 0 Å². The number of para-hydroxylation sites is 1. The van der Waals surface area contributed by atoms with Crippen LogP contribution >= 0.6 is 0 Å². The van der Waals surface area contributed by atoms with Gasteiger partial charge in [-0.3, -0.25) is 9.88 Å². The van der Waals surface area contributed by atoms with Crippen LogP contribution < -0.4 is 0 Å². The summed E-state index contributed by atoms with van der Waals surface area (Å²) in [5.74, 6) is 0. The van der Waals surface area contributed by atoms with Crippen molar-refractivity contribution >= 4 is 10.9 Å². The molecule has 112 valence electrons. The van der Waals surface area contributed by atoms with Crippen LogP contribution in [0.25, 0.3) is 10.9 Å². The molecule has 1 aromatic heterocycles. The topological polar surface area (TPSA) is 36.4 Å². The van der Waals surface area contributed by atoms with E-state index in [4.69, 9.17) is 0 Å². The van der Waals surface area contributed by atoms with Crippen LogP contribution in [0.3, 0.4) is 0 Å². The first-order valence-corrected chi connectivity index (χ1v) is 7.77. The molecule has 3 nitrogen and oxygen atoms in total. The van der Waals surface area contributed by atoms with Gasteiger partial charge in [-0.15, -0.1) is 0 Å². The monoisotopic (exact) mass is 284 g/mol. The second-order valence-corrected chi connectivity index (χ2v) is 6.72. The summed E-state index contributed by atoms with van der Waals surface area (Å²) in [6.07, 6.45) is 2.24. The van der Waals surface area contributed by atoms with Gasteiger partial charge in [0, 0.05) is 23.7 Å². The Hall–Kier alpha value is -1.45. The van der Waals surface area contributed by atoms with Crippen molar-refractivity contribution in [2.45, 2.75) is 51.8 Å². The number of likely N-dealkylation sites (tertiary alicyclic amines) is 1. The third kappa shape index (κ3) is 2.94. The highest BCUT2D eigenvalue weighted by molar-refractivity contribution is 5.82. The van der Waals surface area contributed by atoms with Crippen molar-refractivity contribution in [1.29, 1.82) is 0 Å². The Kier molecular flexibility index (Phi) is 3.72. The van der Waals surface area contributed by atoms with Crippen LogP contribution in [-0.2, 0) is 6.54 Å². The lowest BCUT2D eigenvalue weighted by molar-refractivity contribution is -0.00490. The van der Waals surface area contributed by atoms with Crippen molar-refractivity contribution in [1.82, 2.24) is 9.88 Å². The molecular formula is C18H24N2O. The number of aliphatic hydroxyl groups is 1. The number of aromatic nitrogens is 1. The molecule has 0 spiro atoms. The molecule has 2 heterocycles. The quantitative estimate of drug-likeness (QED) is 0.939. The summed E-state index contributed by atoms with van der Waals surface area (Å²) in [5, 5.41) is 11.6. The van der Waals surface area contributed by atoms with E-state index >= 15 is 0 Å². The maximum atomic E-state index is 10.4. The van der Waals surface area contributed by atoms with Crippen LogP contribution in [0.5, 0.6) is 0 Å². The highest BCUT2D eigenvalue weighted by atomic mass is 16.3. The van der Waals surface area contributed by atoms with Crippen LogP contribution in [0, 0.1) is 6.92 Å². The molecule has 1 saturated heterocycles. The van der Waals surface area contributed by atoms with Gasteiger partial charge < -0.3 is 5.11 Å². The Bertz CT molecular complexity index is 645. The number of pyridine rings is 1. The molecule has 2 aromatic rings. The lowest BCUT2D eigenvalue weighted by Gasteiger charge is -2.34. The number of rotatable bonds is 3. The molecular weight excluding hydrogens is 260 g/mol. The fourth-order valence-corrected chi connectivity index (χ4v) is 3.56. The van der Waals surface area contributed by atoms with Crippen LogP contribution in [0.2, 0.25) is 0 Å². The zero-order valence-corrected chi connectivity index (χ0v) is 13.1. The predicted octanol–water partition coefficient (Wildman–Crippen LogP) is 3.28.